The Bertz CT molecular complexity index is 653. The number of rotatable bonds is 5. The number of oxime groups is 1. The molecule has 2 aromatic carbocycles. The van der Waals surface area contributed by atoms with Crippen LogP contribution in [0, 0.1) is 13.8 Å². The highest BCUT2D eigenvalue weighted by atomic mass is 32.2. The Morgan fingerprint density at radius 3 is 2.33 bits per heavy atom. The van der Waals surface area contributed by atoms with Crippen LogP contribution in [-0.2, 0) is 11.5 Å². The van der Waals surface area contributed by atoms with Gasteiger partial charge < -0.3 is 10.9 Å². The van der Waals surface area contributed by atoms with Gasteiger partial charge >= 0.3 is 0 Å². The van der Waals surface area contributed by atoms with Crippen LogP contribution < -0.4 is 5.73 Å². The van der Waals surface area contributed by atoms with Crippen molar-refractivity contribution in [3.05, 3.63) is 70.3 Å². The van der Waals surface area contributed by atoms with E-state index in [4.69, 9.17) is 10.9 Å². The molecule has 0 spiro atoms. The van der Waals surface area contributed by atoms with E-state index >= 15 is 0 Å². The summed E-state index contributed by atoms with van der Waals surface area (Å²) in [4.78, 5) is 0. The molecule has 0 aliphatic rings. The highest BCUT2D eigenvalue weighted by molar-refractivity contribution is 7.97. The van der Waals surface area contributed by atoms with E-state index < -0.39 is 0 Å². The molecule has 3 nitrogen and oxygen atoms in total. The van der Waals surface area contributed by atoms with Crippen LogP contribution in [0.3, 0.4) is 0 Å². The van der Waals surface area contributed by atoms with Crippen LogP contribution in [-0.4, -0.2) is 11.0 Å². The summed E-state index contributed by atoms with van der Waals surface area (Å²) in [5.41, 5.74) is 11.5. The lowest BCUT2D eigenvalue weighted by atomic mass is 10.1. The van der Waals surface area contributed by atoms with Crippen molar-refractivity contribution in [2.75, 3.05) is 0 Å². The molecule has 0 saturated carbocycles. The molecule has 2 aromatic rings. The van der Waals surface area contributed by atoms with E-state index in [-0.39, 0.29) is 5.84 Å². The second-order valence-electron chi connectivity index (χ2n) is 5.05. The molecule has 0 atom stereocenters. The van der Waals surface area contributed by atoms with Gasteiger partial charge in [0, 0.05) is 17.1 Å². The molecule has 0 fully saturated rings. The minimum atomic E-state index is 0.150. The topological polar surface area (TPSA) is 58.6 Å². The monoisotopic (exact) mass is 300 g/mol. The predicted octanol–water partition coefficient (Wildman–Crippen LogP) is 3.83. The summed E-state index contributed by atoms with van der Waals surface area (Å²) in [5, 5.41) is 11.7. The number of thioether (sulfide) groups is 1. The molecule has 4 heteroatoms. The molecule has 0 radical (unpaired) electrons. The van der Waals surface area contributed by atoms with Gasteiger partial charge in [0.15, 0.2) is 5.84 Å². The van der Waals surface area contributed by atoms with Crippen molar-refractivity contribution in [2.45, 2.75) is 25.4 Å². The fourth-order valence-electron chi connectivity index (χ4n) is 2.12. The van der Waals surface area contributed by atoms with Gasteiger partial charge in [-0.25, -0.2) is 0 Å². The van der Waals surface area contributed by atoms with Crippen LogP contribution in [0.1, 0.15) is 27.8 Å². The van der Waals surface area contributed by atoms with Crippen molar-refractivity contribution in [3.8, 4) is 0 Å². The quantitative estimate of drug-likeness (QED) is 0.382. The fourth-order valence-corrected chi connectivity index (χ4v) is 3.31. The minimum absolute atomic E-state index is 0.150. The lowest BCUT2D eigenvalue weighted by molar-refractivity contribution is 0.318. The van der Waals surface area contributed by atoms with E-state index in [2.05, 4.69) is 43.3 Å². The third kappa shape index (κ3) is 4.02. The standard InChI is InChI=1S/C17H20N2OS/c1-12-5-3-4-6-15(12)10-21-11-16-8-7-14(9-13(16)2)17(18)19-20/h3-9,20H,10-11H2,1-2H3,(H2,18,19). The fraction of sp³-hybridized carbons (Fsp3) is 0.235. The van der Waals surface area contributed by atoms with Gasteiger partial charge in [0.1, 0.15) is 0 Å². The maximum Gasteiger partial charge on any atom is 0.170 e. The summed E-state index contributed by atoms with van der Waals surface area (Å²) < 4.78 is 0. The minimum Gasteiger partial charge on any atom is -0.409 e. The maximum absolute atomic E-state index is 8.70. The van der Waals surface area contributed by atoms with Crippen LogP contribution in [0.25, 0.3) is 0 Å². The van der Waals surface area contributed by atoms with Crippen molar-refractivity contribution >= 4 is 17.6 Å². The van der Waals surface area contributed by atoms with Gasteiger partial charge in [-0.05, 0) is 42.2 Å². The first-order valence-electron chi connectivity index (χ1n) is 6.81. The molecular weight excluding hydrogens is 280 g/mol. The summed E-state index contributed by atoms with van der Waals surface area (Å²) >= 11 is 1.90. The average Bonchev–Trinajstić information content (AvgIpc) is 2.50. The summed E-state index contributed by atoms with van der Waals surface area (Å²) in [7, 11) is 0. The molecule has 0 saturated heterocycles. The molecule has 0 amide bonds. The molecule has 21 heavy (non-hydrogen) atoms. The normalized spacial score (nSPS) is 11.6. The zero-order valence-corrected chi connectivity index (χ0v) is 13.2. The van der Waals surface area contributed by atoms with Crippen molar-refractivity contribution in [1.29, 1.82) is 0 Å². The Morgan fingerprint density at radius 2 is 1.71 bits per heavy atom. The zero-order valence-electron chi connectivity index (χ0n) is 12.3. The van der Waals surface area contributed by atoms with Crippen molar-refractivity contribution in [3.63, 3.8) is 0 Å². The molecule has 3 N–H and O–H groups in total. The highest BCUT2D eigenvalue weighted by Crippen LogP contribution is 2.22. The Balaban J connectivity index is 1.99. The van der Waals surface area contributed by atoms with Crippen LogP contribution in [0.15, 0.2) is 47.6 Å². The van der Waals surface area contributed by atoms with Crippen LogP contribution in [0.5, 0.6) is 0 Å². The Hall–Kier alpha value is -1.94. The average molecular weight is 300 g/mol. The molecule has 110 valence electrons. The van der Waals surface area contributed by atoms with Gasteiger partial charge in [0.2, 0.25) is 0 Å². The van der Waals surface area contributed by atoms with E-state index in [0.29, 0.717) is 0 Å². The van der Waals surface area contributed by atoms with Crippen LogP contribution >= 0.6 is 11.8 Å². The molecule has 0 unspecified atom stereocenters. The van der Waals surface area contributed by atoms with E-state index in [1.165, 1.54) is 16.7 Å². The van der Waals surface area contributed by atoms with Gasteiger partial charge in [0.25, 0.3) is 0 Å². The van der Waals surface area contributed by atoms with E-state index in [0.717, 1.165) is 22.6 Å². The molecule has 0 heterocycles. The first kappa shape index (κ1) is 15.4. The number of amidine groups is 1. The second-order valence-corrected chi connectivity index (χ2v) is 6.03. The third-order valence-corrected chi connectivity index (χ3v) is 4.55. The van der Waals surface area contributed by atoms with Gasteiger partial charge in [-0.1, -0.05) is 41.6 Å². The van der Waals surface area contributed by atoms with Crippen molar-refractivity contribution < 1.29 is 5.21 Å². The summed E-state index contributed by atoms with van der Waals surface area (Å²) in [6.45, 7) is 4.20. The Kier molecular flexibility index (Phi) is 5.28. The maximum atomic E-state index is 8.70. The molecule has 0 aliphatic heterocycles. The third-order valence-electron chi connectivity index (χ3n) is 3.52. The van der Waals surface area contributed by atoms with E-state index in [1.807, 2.05) is 30.0 Å². The van der Waals surface area contributed by atoms with Gasteiger partial charge in [0.05, 0.1) is 0 Å². The molecule has 2 rings (SSSR count). The van der Waals surface area contributed by atoms with Gasteiger partial charge in [-0.3, -0.25) is 0 Å². The summed E-state index contributed by atoms with van der Waals surface area (Å²) in [5.74, 6) is 2.11. The molecule has 0 bridgehead atoms. The summed E-state index contributed by atoms with van der Waals surface area (Å²) in [6.07, 6.45) is 0. The highest BCUT2D eigenvalue weighted by Gasteiger charge is 2.04. The second kappa shape index (κ2) is 7.18. The first-order valence-corrected chi connectivity index (χ1v) is 7.97. The van der Waals surface area contributed by atoms with E-state index in [1.54, 1.807) is 0 Å². The van der Waals surface area contributed by atoms with E-state index in [9.17, 15) is 0 Å². The number of hydrogen-bond donors (Lipinski definition) is 2. The molecule has 0 aliphatic carbocycles. The first-order chi connectivity index (χ1) is 10.1. The zero-order chi connectivity index (χ0) is 15.2. The number of nitrogens with zero attached hydrogens (tertiary/aromatic N) is 1. The van der Waals surface area contributed by atoms with Crippen LogP contribution in [0.4, 0.5) is 0 Å². The van der Waals surface area contributed by atoms with Crippen LogP contribution in [0.2, 0.25) is 0 Å². The number of nitrogens with two attached hydrogens (primary N) is 1. The van der Waals surface area contributed by atoms with Crippen molar-refractivity contribution in [2.24, 2.45) is 10.9 Å². The number of hydrogen-bond acceptors (Lipinski definition) is 3. The number of benzene rings is 2. The number of aryl methyl sites for hydroxylation is 2. The predicted molar refractivity (Wildman–Crippen MR) is 89.9 cm³/mol. The van der Waals surface area contributed by atoms with Gasteiger partial charge in [-0.2, -0.15) is 11.8 Å². The summed E-state index contributed by atoms with van der Waals surface area (Å²) in [6, 6.07) is 14.4. The van der Waals surface area contributed by atoms with Crippen molar-refractivity contribution in [1.82, 2.24) is 0 Å². The Morgan fingerprint density at radius 1 is 1.05 bits per heavy atom. The molecule has 0 aromatic heterocycles. The SMILES string of the molecule is Cc1ccccc1CSCc1ccc(/C(N)=N/O)cc1C. The largest absolute Gasteiger partial charge is 0.409 e. The lowest BCUT2D eigenvalue weighted by Crippen LogP contribution is -2.13. The molecular formula is C17H20N2OS. The lowest BCUT2D eigenvalue weighted by Gasteiger charge is -2.09. The Labute approximate surface area is 129 Å². The van der Waals surface area contributed by atoms with Gasteiger partial charge in [-0.15, -0.1) is 0 Å². The smallest absolute Gasteiger partial charge is 0.170 e.